The third-order valence-corrected chi connectivity index (χ3v) is 4.87. The number of hydrogen-bond donors (Lipinski definition) is 1. The summed E-state index contributed by atoms with van der Waals surface area (Å²) < 4.78 is 5.69. The Kier molecular flexibility index (Phi) is 6.12. The van der Waals surface area contributed by atoms with Crippen LogP contribution >= 0.6 is 0 Å². The Morgan fingerprint density at radius 3 is 2.74 bits per heavy atom. The van der Waals surface area contributed by atoms with Gasteiger partial charge in [-0.1, -0.05) is 31.2 Å². The molecule has 0 spiro atoms. The van der Waals surface area contributed by atoms with Crippen LogP contribution in [0.4, 0.5) is 0 Å². The van der Waals surface area contributed by atoms with Crippen molar-refractivity contribution in [3.05, 3.63) is 64.7 Å². The van der Waals surface area contributed by atoms with Gasteiger partial charge < -0.3 is 14.7 Å². The quantitative estimate of drug-likeness (QED) is 0.810. The van der Waals surface area contributed by atoms with Gasteiger partial charge in [0.2, 0.25) is 5.91 Å². The van der Waals surface area contributed by atoms with Crippen molar-refractivity contribution >= 4 is 11.9 Å². The Balaban J connectivity index is 1.60. The van der Waals surface area contributed by atoms with Crippen LogP contribution in [-0.4, -0.2) is 35.0 Å². The van der Waals surface area contributed by atoms with Gasteiger partial charge in [0.1, 0.15) is 5.75 Å². The average Bonchev–Trinajstić information content (AvgIpc) is 2.70. The number of carboxylic acid groups (broad SMARTS) is 1. The van der Waals surface area contributed by atoms with E-state index in [1.807, 2.05) is 23.1 Å². The largest absolute Gasteiger partial charge is 0.494 e. The lowest BCUT2D eigenvalue weighted by atomic mass is 9.98. The number of aryl methyl sites for hydroxylation is 1. The van der Waals surface area contributed by atoms with Gasteiger partial charge in [-0.15, -0.1) is 0 Å². The first kappa shape index (κ1) is 19.0. The number of rotatable bonds is 7. The highest BCUT2D eigenvalue weighted by Crippen LogP contribution is 2.24. The summed E-state index contributed by atoms with van der Waals surface area (Å²) in [5.41, 5.74) is 3.37. The minimum absolute atomic E-state index is 0.0622. The maximum Gasteiger partial charge on any atom is 0.335 e. The van der Waals surface area contributed by atoms with Gasteiger partial charge in [0.15, 0.2) is 0 Å². The summed E-state index contributed by atoms with van der Waals surface area (Å²) >= 11 is 0. The van der Waals surface area contributed by atoms with E-state index in [4.69, 9.17) is 4.74 Å². The molecule has 1 aliphatic heterocycles. The number of amides is 1. The summed E-state index contributed by atoms with van der Waals surface area (Å²) in [5.74, 6) is -0.00106. The number of carbonyl (C=O) groups is 2. The summed E-state index contributed by atoms with van der Waals surface area (Å²) in [6.07, 6.45) is 2.55. The molecule has 0 bridgehead atoms. The number of carboxylic acids is 1. The van der Waals surface area contributed by atoms with E-state index in [0.29, 0.717) is 38.1 Å². The molecular weight excluding hydrogens is 342 g/mol. The molecule has 5 nitrogen and oxygen atoms in total. The highest BCUT2D eigenvalue weighted by Gasteiger charge is 2.21. The van der Waals surface area contributed by atoms with Crippen molar-refractivity contribution < 1.29 is 19.4 Å². The van der Waals surface area contributed by atoms with Crippen molar-refractivity contribution in [2.45, 2.75) is 39.2 Å². The molecule has 2 aromatic carbocycles. The lowest BCUT2D eigenvalue weighted by Crippen LogP contribution is -2.36. The molecule has 0 aliphatic carbocycles. The topological polar surface area (TPSA) is 66.8 Å². The van der Waals surface area contributed by atoms with Gasteiger partial charge in [0.05, 0.1) is 12.2 Å². The summed E-state index contributed by atoms with van der Waals surface area (Å²) in [5, 5.41) is 9.26. The SMILES string of the molecule is CCCOc1ccc2c(c1)CCN(C(=O)CCc1ccccc1C(=O)O)C2. The number of ether oxygens (including phenoxy) is 1. The second-order valence-electron chi connectivity index (χ2n) is 6.81. The molecule has 142 valence electrons. The van der Waals surface area contributed by atoms with Crippen molar-refractivity contribution in [1.29, 1.82) is 0 Å². The van der Waals surface area contributed by atoms with E-state index < -0.39 is 5.97 Å². The van der Waals surface area contributed by atoms with Gasteiger partial charge in [-0.3, -0.25) is 4.79 Å². The third kappa shape index (κ3) is 4.67. The highest BCUT2D eigenvalue weighted by atomic mass is 16.5. The maximum atomic E-state index is 12.6. The minimum Gasteiger partial charge on any atom is -0.494 e. The summed E-state index contributed by atoms with van der Waals surface area (Å²) in [4.78, 5) is 25.8. The van der Waals surface area contributed by atoms with E-state index in [1.54, 1.807) is 18.2 Å². The van der Waals surface area contributed by atoms with Gasteiger partial charge in [0, 0.05) is 19.5 Å². The molecule has 0 saturated heterocycles. The minimum atomic E-state index is -0.953. The smallest absolute Gasteiger partial charge is 0.335 e. The van der Waals surface area contributed by atoms with E-state index in [9.17, 15) is 14.7 Å². The van der Waals surface area contributed by atoms with Crippen LogP contribution in [0.2, 0.25) is 0 Å². The normalized spacial score (nSPS) is 13.1. The van der Waals surface area contributed by atoms with Crippen LogP contribution in [0.1, 0.15) is 46.8 Å². The summed E-state index contributed by atoms with van der Waals surface area (Å²) in [6.45, 7) is 4.07. The van der Waals surface area contributed by atoms with Crippen LogP contribution in [0, 0.1) is 0 Å². The van der Waals surface area contributed by atoms with Crippen LogP contribution in [0.5, 0.6) is 5.75 Å². The zero-order valence-corrected chi connectivity index (χ0v) is 15.6. The molecule has 0 fully saturated rings. The molecule has 0 atom stereocenters. The molecule has 1 aliphatic rings. The predicted molar refractivity (Wildman–Crippen MR) is 103 cm³/mol. The molecule has 1 heterocycles. The van der Waals surface area contributed by atoms with E-state index in [0.717, 1.165) is 24.2 Å². The number of carbonyl (C=O) groups excluding carboxylic acids is 1. The predicted octanol–water partition coefficient (Wildman–Crippen LogP) is 3.69. The Morgan fingerprint density at radius 1 is 1.15 bits per heavy atom. The van der Waals surface area contributed by atoms with Crippen molar-refractivity contribution in [3.8, 4) is 5.75 Å². The van der Waals surface area contributed by atoms with Gasteiger partial charge >= 0.3 is 5.97 Å². The second-order valence-corrected chi connectivity index (χ2v) is 6.81. The molecular formula is C22H25NO4. The fourth-order valence-corrected chi connectivity index (χ4v) is 3.40. The van der Waals surface area contributed by atoms with Gasteiger partial charge in [-0.05, 0) is 54.2 Å². The zero-order valence-electron chi connectivity index (χ0n) is 15.6. The third-order valence-electron chi connectivity index (χ3n) is 4.87. The monoisotopic (exact) mass is 367 g/mol. The molecule has 1 amide bonds. The van der Waals surface area contributed by atoms with Crippen LogP contribution in [0.15, 0.2) is 42.5 Å². The lowest BCUT2D eigenvalue weighted by Gasteiger charge is -2.29. The van der Waals surface area contributed by atoms with E-state index >= 15 is 0 Å². The average molecular weight is 367 g/mol. The maximum absolute atomic E-state index is 12.6. The molecule has 0 unspecified atom stereocenters. The number of hydrogen-bond acceptors (Lipinski definition) is 3. The van der Waals surface area contributed by atoms with Crippen molar-refractivity contribution in [2.75, 3.05) is 13.2 Å². The second kappa shape index (κ2) is 8.71. The highest BCUT2D eigenvalue weighted by molar-refractivity contribution is 5.89. The molecule has 1 N–H and O–H groups in total. The van der Waals surface area contributed by atoms with Gasteiger partial charge in [0.25, 0.3) is 0 Å². The molecule has 0 aromatic heterocycles. The lowest BCUT2D eigenvalue weighted by molar-refractivity contribution is -0.132. The van der Waals surface area contributed by atoms with Crippen LogP contribution < -0.4 is 4.74 Å². The molecule has 5 heteroatoms. The van der Waals surface area contributed by atoms with Crippen LogP contribution in [0.3, 0.4) is 0 Å². The van der Waals surface area contributed by atoms with Crippen LogP contribution in [-0.2, 0) is 24.2 Å². The Bertz CT molecular complexity index is 831. The summed E-state index contributed by atoms with van der Waals surface area (Å²) in [6, 6.07) is 13.0. The first-order valence-corrected chi connectivity index (χ1v) is 9.42. The first-order chi connectivity index (χ1) is 13.1. The number of aromatic carboxylic acids is 1. The number of fused-ring (bicyclic) bond motifs is 1. The molecule has 27 heavy (non-hydrogen) atoms. The molecule has 3 rings (SSSR count). The van der Waals surface area contributed by atoms with E-state index in [1.165, 1.54) is 5.56 Å². The van der Waals surface area contributed by atoms with Crippen molar-refractivity contribution in [3.63, 3.8) is 0 Å². The number of benzene rings is 2. The van der Waals surface area contributed by atoms with Gasteiger partial charge in [-0.2, -0.15) is 0 Å². The molecule has 0 radical (unpaired) electrons. The fraction of sp³-hybridized carbons (Fsp3) is 0.364. The zero-order chi connectivity index (χ0) is 19.2. The van der Waals surface area contributed by atoms with Crippen molar-refractivity contribution in [1.82, 2.24) is 4.90 Å². The Morgan fingerprint density at radius 2 is 1.96 bits per heavy atom. The standard InChI is InChI=1S/C22H25NO4/c1-2-13-27-19-9-7-18-15-23(12-11-17(18)14-19)21(24)10-8-16-5-3-4-6-20(16)22(25)26/h3-7,9,14H,2,8,10-13,15H2,1H3,(H,25,26). The Labute approximate surface area is 159 Å². The first-order valence-electron chi connectivity index (χ1n) is 9.42. The fourth-order valence-electron chi connectivity index (χ4n) is 3.40. The van der Waals surface area contributed by atoms with Crippen LogP contribution in [0.25, 0.3) is 0 Å². The van der Waals surface area contributed by atoms with E-state index in [-0.39, 0.29) is 11.5 Å². The molecule has 2 aromatic rings. The Hall–Kier alpha value is -2.82. The van der Waals surface area contributed by atoms with Crippen molar-refractivity contribution in [2.24, 2.45) is 0 Å². The summed E-state index contributed by atoms with van der Waals surface area (Å²) in [7, 11) is 0. The number of nitrogens with zero attached hydrogens (tertiary/aromatic N) is 1. The van der Waals surface area contributed by atoms with E-state index in [2.05, 4.69) is 13.0 Å². The molecule has 0 saturated carbocycles. The van der Waals surface area contributed by atoms with Gasteiger partial charge in [-0.25, -0.2) is 4.79 Å².